The first-order valence-corrected chi connectivity index (χ1v) is 12.0. The van der Waals surface area contributed by atoms with Gasteiger partial charge in [0.05, 0.1) is 23.2 Å². The Labute approximate surface area is 201 Å². The van der Waals surface area contributed by atoms with E-state index in [2.05, 4.69) is 15.2 Å². The van der Waals surface area contributed by atoms with Gasteiger partial charge in [-0.25, -0.2) is 8.78 Å². The summed E-state index contributed by atoms with van der Waals surface area (Å²) in [5.74, 6) is -1.88. The molecule has 0 unspecified atom stereocenters. The zero-order valence-corrected chi connectivity index (χ0v) is 19.2. The molecule has 8 heteroatoms. The van der Waals surface area contributed by atoms with Crippen LogP contribution in [-0.2, 0) is 19.3 Å². The third-order valence-electron chi connectivity index (χ3n) is 7.49. The molecule has 2 aromatic carbocycles. The molecule has 0 spiro atoms. The zero-order valence-electron chi connectivity index (χ0n) is 19.2. The summed E-state index contributed by atoms with van der Waals surface area (Å²) >= 11 is 0. The van der Waals surface area contributed by atoms with Crippen molar-refractivity contribution in [3.8, 4) is 11.4 Å². The molecule has 6 nitrogen and oxygen atoms in total. The Hall–Kier alpha value is -3.52. The van der Waals surface area contributed by atoms with Gasteiger partial charge in [0.25, 0.3) is 5.91 Å². The van der Waals surface area contributed by atoms with Crippen molar-refractivity contribution in [1.82, 2.24) is 20.1 Å². The highest BCUT2D eigenvalue weighted by Gasteiger charge is 2.34. The Balaban J connectivity index is 1.20. The second-order valence-electron chi connectivity index (χ2n) is 9.80. The quantitative estimate of drug-likeness (QED) is 0.406. The SMILES string of the molecule is O=C(c1ccc2[nH]c3c(c2c1)CCCc1cn[nH]c1-3)N1CCC(O)(Cc2ccc(F)c(F)c2)CC1. The second-order valence-corrected chi connectivity index (χ2v) is 9.80. The van der Waals surface area contributed by atoms with Crippen molar-refractivity contribution in [2.45, 2.75) is 44.1 Å². The molecule has 3 heterocycles. The highest BCUT2D eigenvalue weighted by atomic mass is 19.2. The first-order valence-electron chi connectivity index (χ1n) is 12.0. The molecule has 0 atom stereocenters. The van der Waals surface area contributed by atoms with Gasteiger partial charge in [-0.15, -0.1) is 0 Å². The smallest absolute Gasteiger partial charge is 0.253 e. The predicted octanol–water partition coefficient (Wildman–Crippen LogP) is 4.53. The number of piperidine rings is 1. The number of aryl methyl sites for hydroxylation is 2. The molecule has 4 aromatic rings. The van der Waals surface area contributed by atoms with Crippen LogP contribution in [0.15, 0.2) is 42.6 Å². The standard InChI is InChI=1S/C27H26F2N4O2/c28-21-6-4-16(12-22(21)29)14-27(35)8-10-33(11-9-27)26(34)17-5-7-23-20(13-17)19-3-1-2-18-15-30-32-24(18)25(19)31-23/h4-7,12-13,15,31,35H,1-3,8-11,14H2,(H,30,32). The first kappa shape index (κ1) is 22.0. The van der Waals surface area contributed by atoms with Gasteiger partial charge in [0.1, 0.15) is 0 Å². The van der Waals surface area contributed by atoms with Gasteiger partial charge in [0.2, 0.25) is 0 Å². The largest absolute Gasteiger partial charge is 0.389 e. The molecule has 3 N–H and O–H groups in total. The number of H-pyrrole nitrogens is 2. The Kier molecular flexibility index (Phi) is 5.21. The number of carbonyl (C=O) groups is 1. The summed E-state index contributed by atoms with van der Waals surface area (Å²) in [7, 11) is 0. The van der Waals surface area contributed by atoms with E-state index in [0.717, 1.165) is 53.7 Å². The van der Waals surface area contributed by atoms with Gasteiger partial charge in [-0.3, -0.25) is 9.89 Å². The molecule has 6 rings (SSSR count). The van der Waals surface area contributed by atoms with Gasteiger partial charge in [-0.2, -0.15) is 5.10 Å². The molecular weight excluding hydrogens is 450 g/mol. The first-order chi connectivity index (χ1) is 16.9. The molecule has 35 heavy (non-hydrogen) atoms. The van der Waals surface area contributed by atoms with Crippen molar-refractivity contribution < 1.29 is 18.7 Å². The number of nitrogens with zero attached hydrogens (tertiary/aromatic N) is 2. The Bertz CT molecular complexity index is 1430. The lowest BCUT2D eigenvalue weighted by Crippen LogP contribution is -2.47. The van der Waals surface area contributed by atoms with Crippen molar-refractivity contribution >= 4 is 16.8 Å². The number of likely N-dealkylation sites (tertiary alicyclic amines) is 1. The van der Waals surface area contributed by atoms with Crippen molar-refractivity contribution in [1.29, 1.82) is 0 Å². The highest BCUT2D eigenvalue weighted by molar-refractivity contribution is 6.00. The molecule has 0 saturated carbocycles. The maximum Gasteiger partial charge on any atom is 0.253 e. The van der Waals surface area contributed by atoms with E-state index in [1.54, 1.807) is 4.90 Å². The van der Waals surface area contributed by atoms with Crippen LogP contribution < -0.4 is 0 Å². The fraction of sp³-hybridized carbons (Fsp3) is 0.333. The Morgan fingerprint density at radius 3 is 2.69 bits per heavy atom. The van der Waals surface area contributed by atoms with Crippen molar-refractivity contribution in [2.75, 3.05) is 13.1 Å². The molecule has 0 bridgehead atoms. The van der Waals surface area contributed by atoms with Gasteiger partial charge < -0.3 is 15.0 Å². The lowest BCUT2D eigenvalue weighted by Gasteiger charge is -2.38. The number of hydrogen-bond donors (Lipinski definition) is 3. The number of rotatable bonds is 3. The number of nitrogens with one attached hydrogen (secondary N) is 2. The van der Waals surface area contributed by atoms with Crippen molar-refractivity contribution in [2.24, 2.45) is 0 Å². The van der Waals surface area contributed by atoms with E-state index < -0.39 is 17.2 Å². The average molecular weight is 477 g/mol. The minimum atomic E-state index is -1.05. The van der Waals surface area contributed by atoms with Crippen LogP contribution in [-0.4, -0.2) is 49.8 Å². The minimum absolute atomic E-state index is 0.0624. The summed E-state index contributed by atoms with van der Waals surface area (Å²) in [5.41, 5.74) is 5.60. The van der Waals surface area contributed by atoms with Crippen LogP contribution in [0.5, 0.6) is 0 Å². The van der Waals surface area contributed by atoms with E-state index in [0.29, 0.717) is 37.1 Å². The van der Waals surface area contributed by atoms with Crippen LogP contribution in [0.2, 0.25) is 0 Å². The minimum Gasteiger partial charge on any atom is -0.389 e. The summed E-state index contributed by atoms with van der Waals surface area (Å²) < 4.78 is 26.8. The van der Waals surface area contributed by atoms with E-state index >= 15 is 0 Å². The molecule has 2 aliphatic rings. The summed E-state index contributed by atoms with van der Waals surface area (Å²) in [6.45, 7) is 0.805. The zero-order chi connectivity index (χ0) is 24.2. The second kappa shape index (κ2) is 8.30. The highest BCUT2D eigenvalue weighted by Crippen LogP contribution is 2.36. The normalized spacial score (nSPS) is 17.2. The van der Waals surface area contributed by atoms with Crippen LogP contribution in [0.25, 0.3) is 22.3 Å². The van der Waals surface area contributed by atoms with Gasteiger partial charge in [0, 0.05) is 36.0 Å². The number of aromatic nitrogens is 3. The number of benzene rings is 2. The third kappa shape index (κ3) is 3.91. The monoisotopic (exact) mass is 476 g/mol. The van der Waals surface area contributed by atoms with Crippen LogP contribution in [0.3, 0.4) is 0 Å². The number of aromatic amines is 2. The molecule has 0 radical (unpaired) electrons. The topological polar surface area (TPSA) is 85.0 Å². The summed E-state index contributed by atoms with van der Waals surface area (Å²) in [4.78, 5) is 18.6. The lowest BCUT2D eigenvalue weighted by molar-refractivity contribution is -0.0162. The molecule has 1 fully saturated rings. The van der Waals surface area contributed by atoms with Crippen molar-refractivity contribution in [3.63, 3.8) is 0 Å². The number of aliphatic hydroxyl groups is 1. The van der Waals surface area contributed by atoms with Gasteiger partial charge in [-0.1, -0.05) is 6.07 Å². The van der Waals surface area contributed by atoms with Crippen LogP contribution in [0, 0.1) is 11.6 Å². The van der Waals surface area contributed by atoms with E-state index in [1.807, 2.05) is 24.4 Å². The number of hydrogen-bond acceptors (Lipinski definition) is 3. The number of halogens is 2. The molecule has 1 amide bonds. The van der Waals surface area contributed by atoms with Crippen LogP contribution in [0.1, 0.15) is 46.3 Å². The number of fused-ring (bicyclic) bond motifs is 5. The van der Waals surface area contributed by atoms with E-state index in [9.17, 15) is 18.7 Å². The number of amides is 1. The molecule has 1 aliphatic carbocycles. The maximum absolute atomic E-state index is 13.6. The molecular formula is C27H26F2N4O2. The molecule has 180 valence electrons. The van der Waals surface area contributed by atoms with Crippen LogP contribution >= 0.6 is 0 Å². The third-order valence-corrected chi connectivity index (χ3v) is 7.49. The Morgan fingerprint density at radius 2 is 1.89 bits per heavy atom. The fourth-order valence-corrected chi connectivity index (χ4v) is 5.54. The van der Waals surface area contributed by atoms with E-state index in [-0.39, 0.29) is 12.3 Å². The van der Waals surface area contributed by atoms with Gasteiger partial charge >= 0.3 is 0 Å². The van der Waals surface area contributed by atoms with Gasteiger partial charge in [-0.05, 0) is 79.1 Å². The maximum atomic E-state index is 13.6. The fourth-order valence-electron chi connectivity index (χ4n) is 5.54. The van der Waals surface area contributed by atoms with Crippen molar-refractivity contribution in [3.05, 3.63) is 76.5 Å². The summed E-state index contributed by atoms with van der Waals surface area (Å²) in [5, 5.41) is 19.4. The molecule has 2 aromatic heterocycles. The average Bonchev–Trinajstić information content (AvgIpc) is 3.41. The summed E-state index contributed by atoms with van der Waals surface area (Å²) in [6.07, 6.45) is 5.78. The Morgan fingerprint density at radius 1 is 1.06 bits per heavy atom. The van der Waals surface area contributed by atoms with Crippen LogP contribution in [0.4, 0.5) is 8.78 Å². The summed E-state index contributed by atoms with van der Waals surface area (Å²) in [6, 6.07) is 9.47. The predicted molar refractivity (Wildman–Crippen MR) is 128 cm³/mol. The van der Waals surface area contributed by atoms with E-state index in [4.69, 9.17) is 0 Å². The molecule has 1 saturated heterocycles. The van der Waals surface area contributed by atoms with E-state index in [1.165, 1.54) is 17.2 Å². The van der Waals surface area contributed by atoms with Gasteiger partial charge in [0.15, 0.2) is 11.6 Å². The number of carbonyl (C=O) groups excluding carboxylic acids is 1. The lowest BCUT2D eigenvalue weighted by atomic mass is 9.85. The molecule has 1 aliphatic heterocycles.